The van der Waals surface area contributed by atoms with Gasteiger partial charge in [0.15, 0.2) is 0 Å². The van der Waals surface area contributed by atoms with Crippen LogP contribution in [0, 0.1) is 6.45 Å². The van der Waals surface area contributed by atoms with Gasteiger partial charge in [-0.1, -0.05) is 97.1 Å². The average Bonchev–Trinajstić information content (AvgIpc) is 3.99. The van der Waals surface area contributed by atoms with Crippen molar-refractivity contribution in [3.8, 4) is 44.5 Å². The summed E-state index contributed by atoms with van der Waals surface area (Å²) in [6.45, 7) is 0. The predicted molar refractivity (Wildman–Crippen MR) is 263 cm³/mol. The van der Waals surface area contributed by atoms with E-state index in [4.69, 9.17) is 4.42 Å². The van der Waals surface area contributed by atoms with Crippen LogP contribution < -0.4 is 4.90 Å². The Bertz CT molecular complexity index is 3300. The molecule has 1 aliphatic heterocycles. The Kier molecular flexibility index (Phi) is 8.67. The zero-order valence-corrected chi connectivity index (χ0v) is 35.7. The van der Waals surface area contributed by atoms with E-state index in [0.29, 0.717) is 0 Å². The number of anilines is 3. The molecule has 2 aliphatic rings. The topological polar surface area (TPSA) is 16.4 Å². The second kappa shape index (κ2) is 14.7. The van der Waals surface area contributed by atoms with Gasteiger partial charge >= 0.3 is 217 Å². The number of para-hydroxylation sites is 2. The fraction of sp³-hybridized carbons (Fsp3) is 0.0357. The van der Waals surface area contributed by atoms with Crippen molar-refractivity contribution < 1.29 is 4.42 Å². The van der Waals surface area contributed by atoms with Gasteiger partial charge in [0.05, 0.1) is 0 Å². The van der Waals surface area contributed by atoms with Crippen LogP contribution in [0.4, 0.5) is 17.1 Å². The van der Waals surface area contributed by atoms with E-state index in [0.717, 1.165) is 51.8 Å². The summed E-state index contributed by atoms with van der Waals surface area (Å²) in [5, 5.41) is 3.63. The molecule has 4 heteroatoms. The number of hydrogen-bond acceptors (Lipinski definition) is 3. The van der Waals surface area contributed by atoms with Gasteiger partial charge in [-0.3, -0.25) is 0 Å². The number of furan rings is 1. The van der Waals surface area contributed by atoms with Gasteiger partial charge in [0, 0.05) is 10.8 Å². The maximum absolute atomic E-state index is 6.63. The molecule has 60 heavy (non-hydrogen) atoms. The van der Waals surface area contributed by atoms with Gasteiger partial charge in [-0.2, -0.15) is 0 Å². The fourth-order valence-electron chi connectivity index (χ4n) is 8.92. The molecule has 0 amide bonds. The van der Waals surface area contributed by atoms with Crippen LogP contribution >= 0.6 is 31.2 Å². The summed E-state index contributed by atoms with van der Waals surface area (Å²) in [6, 6.07) is 68.5. The Morgan fingerprint density at radius 1 is 0.500 bits per heavy atom. The molecule has 0 saturated carbocycles. The van der Waals surface area contributed by atoms with E-state index in [2.05, 4.69) is 205 Å². The number of allylic oxidation sites excluding steroid dienone is 4. The number of halogens is 1. The van der Waals surface area contributed by atoms with Crippen molar-refractivity contribution in [2.45, 2.75) is 12.8 Å². The second-order valence-electron chi connectivity index (χ2n) is 15.4. The van der Waals surface area contributed by atoms with Crippen molar-refractivity contribution in [1.29, 1.82) is 0 Å². The molecule has 0 spiro atoms. The van der Waals surface area contributed by atoms with Crippen molar-refractivity contribution in [2.75, 3.05) is 4.90 Å². The van der Waals surface area contributed by atoms with Crippen LogP contribution in [0.3, 0.4) is 0 Å². The van der Waals surface area contributed by atoms with Gasteiger partial charge in [0.1, 0.15) is 5.58 Å². The summed E-state index contributed by atoms with van der Waals surface area (Å²) in [4.78, 5) is 2.33. The first-order valence-electron chi connectivity index (χ1n) is 20.5. The van der Waals surface area contributed by atoms with Crippen molar-refractivity contribution in [2.24, 2.45) is 0 Å². The van der Waals surface area contributed by atoms with Crippen molar-refractivity contribution >= 4 is 80.2 Å². The summed E-state index contributed by atoms with van der Waals surface area (Å²) in [7, 11) is 0. The first kappa shape index (κ1) is 35.5. The molecule has 286 valence electrons. The molecule has 2 aromatic heterocycles. The summed E-state index contributed by atoms with van der Waals surface area (Å²) in [6.07, 6.45) is 9.63. The number of hydrogen-bond donors (Lipinski definition) is 0. The van der Waals surface area contributed by atoms with Crippen LogP contribution in [-0.4, -0.2) is 0 Å². The van der Waals surface area contributed by atoms with Crippen molar-refractivity contribution in [3.63, 3.8) is 0 Å². The molecular weight excluding hydrogens is 862 g/mol. The zero-order valence-electron chi connectivity index (χ0n) is 32.7. The van der Waals surface area contributed by atoms with E-state index >= 15 is 0 Å². The van der Waals surface area contributed by atoms with Gasteiger partial charge in [-0.05, 0) is 28.3 Å². The first-order valence-corrected chi connectivity index (χ1v) is 24.6. The third-order valence-corrected chi connectivity index (χ3v) is 20.2. The Morgan fingerprint density at radius 2 is 1.12 bits per heavy atom. The molecule has 0 radical (unpaired) electrons. The Morgan fingerprint density at radius 3 is 1.85 bits per heavy atom. The summed E-state index contributed by atoms with van der Waals surface area (Å²) >= 11 is 0.319. The normalized spacial score (nSPS) is 13.8. The summed E-state index contributed by atoms with van der Waals surface area (Å²) < 4.78 is 12.8. The monoisotopic (exact) mass is 899 g/mol. The molecule has 1 aliphatic carbocycles. The minimum atomic E-state index is -1.71. The second-order valence-corrected chi connectivity index (χ2v) is 22.3. The van der Waals surface area contributed by atoms with Crippen LogP contribution in [0.5, 0.6) is 0 Å². The maximum atomic E-state index is 6.63. The number of thiophene rings is 1. The number of fused-ring (bicyclic) bond motifs is 8. The van der Waals surface area contributed by atoms with Crippen molar-refractivity contribution in [3.05, 3.63) is 216 Å². The standard InChI is InChI=1S/C56H38INOS/c1-3-12-37(13-4-1)38-22-24-39(25-23-38)40-26-31-44(32-27-40)58(51-20-11-18-47-46-16-8-10-21-52(46)59-55(47)51)45-33-28-41(29-34-45)42-30-35-49-53(36-42)60-56-54(49)48-17-7-9-19-50(48)57(56)43-14-5-2-6-15-43/h1,3-5,7-36H,2,6H2. The molecule has 0 fully saturated rings. The van der Waals surface area contributed by atoms with Crippen LogP contribution in [-0.2, 0) is 0 Å². The number of benzene rings is 8. The molecule has 10 aromatic rings. The Balaban J connectivity index is 0.919. The minimum absolute atomic E-state index is 0.878. The van der Waals surface area contributed by atoms with E-state index < -0.39 is 19.8 Å². The van der Waals surface area contributed by atoms with Crippen LogP contribution in [0.15, 0.2) is 214 Å². The molecule has 8 aromatic carbocycles. The molecule has 0 bridgehead atoms. The quantitative estimate of drug-likeness (QED) is 0.148. The Labute approximate surface area is 360 Å². The SMILES string of the molecule is C1=CC(I2c3ccccc3-c3c2sc2cc(-c4ccc(N(c5ccc(-c6ccc(-c7ccccc7)cc6)cc5)c5cccc6c5oc5ccccc56)cc4)ccc32)=CCC1. The van der Waals surface area contributed by atoms with Gasteiger partial charge in [0.25, 0.3) is 0 Å². The predicted octanol–water partition coefficient (Wildman–Crippen LogP) is 17.0. The zero-order chi connectivity index (χ0) is 39.6. The third-order valence-electron chi connectivity index (χ3n) is 11.9. The molecule has 12 rings (SSSR count). The van der Waals surface area contributed by atoms with E-state index in [1.54, 1.807) is 10.0 Å². The molecule has 0 saturated heterocycles. The molecule has 2 nitrogen and oxygen atoms in total. The van der Waals surface area contributed by atoms with Crippen molar-refractivity contribution in [1.82, 2.24) is 0 Å². The average molecular weight is 900 g/mol. The molecule has 3 heterocycles. The van der Waals surface area contributed by atoms with Gasteiger partial charge in [-0.15, -0.1) is 0 Å². The number of rotatable bonds is 7. The van der Waals surface area contributed by atoms with Crippen LogP contribution in [0.1, 0.15) is 12.8 Å². The molecule has 0 atom stereocenters. The van der Waals surface area contributed by atoms with E-state index in [1.807, 2.05) is 17.4 Å². The van der Waals surface area contributed by atoms with Crippen LogP contribution in [0.2, 0.25) is 0 Å². The van der Waals surface area contributed by atoms with E-state index in [1.165, 1.54) is 54.6 Å². The van der Waals surface area contributed by atoms with Gasteiger partial charge in [0.2, 0.25) is 0 Å². The summed E-state index contributed by atoms with van der Waals surface area (Å²) in [5.41, 5.74) is 15.1. The molecule has 0 N–H and O–H groups in total. The Hall–Kier alpha value is -6.47. The van der Waals surface area contributed by atoms with Crippen LogP contribution in [0.25, 0.3) is 76.5 Å². The molecule has 0 unspecified atom stereocenters. The van der Waals surface area contributed by atoms with E-state index in [-0.39, 0.29) is 0 Å². The van der Waals surface area contributed by atoms with Gasteiger partial charge < -0.3 is 4.42 Å². The summed E-state index contributed by atoms with van der Waals surface area (Å²) in [5.74, 6) is 0. The first-order chi connectivity index (χ1) is 29.7. The van der Waals surface area contributed by atoms with E-state index in [9.17, 15) is 0 Å². The van der Waals surface area contributed by atoms with Gasteiger partial charge in [-0.25, -0.2) is 0 Å². The number of nitrogens with zero attached hydrogens (tertiary/aromatic N) is 1. The third kappa shape index (κ3) is 5.96. The fourth-order valence-corrected chi connectivity index (χ4v) is 18.4. The molecular formula is C56H38INOS.